The van der Waals surface area contributed by atoms with Crippen molar-refractivity contribution < 1.29 is 5.11 Å². The zero-order chi connectivity index (χ0) is 15.9. The largest absolute Gasteiger partial charge is 0.380 e. The van der Waals surface area contributed by atoms with Crippen molar-refractivity contribution in [1.29, 1.82) is 0 Å². The molecular formula is C20H23NOS. The van der Waals surface area contributed by atoms with Crippen molar-refractivity contribution in [3.05, 3.63) is 59.7 Å². The maximum absolute atomic E-state index is 11.9. The van der Waals surface area contributed by atoms with Gasteiger partial charge in [-0.3, -0.25) is 0 Å². The second kappa shape index (κ2) is 5.97. The normalized spacial score (nSPS) is 20.8. The molecule has 2 aliphatic rings. The number of hydrogen-bond donors (Lipinski definition) is 1. The predicted octanol–water partition coefficient (Wildman–Crippen LogP) is 4.12. The van der Waals surface area contributed by atoms with Crippen LogP contribution in [0, 0.1) is 5.92 Å². The summed E-state index contributed by atoms with van der Waals surface area (Å²) in [7, 11) is 0. The molecule has 0 bridgehead atoms. The van der Waals surface area contributed by atoms with E-state index in [1.807, 2.05) is 12.1 Å². The van der Waals surface area contributed by atoms with Crippen LogP contribution in [0.4, 0.5) is 0 Å². The van der Waals surface area contributed by atoms with Crippen LogP contribution >= 0.6 is 11.8 Å². The molecule has 2 aromatic carbocycles. The molecule has 1 saturated heterocycles. The first-order valence-corrected chi connectivity index (χ1v) is 9.33. The smallest absolute Gasteiger partial charge is 0.121 e. The third kappa shape index (κ3) is 2.51. The minimum absolute atomic E-state index is 0.156. The van der Waals surface area contributed by atoms with E-state index < -0.39 is 5.60 Å². The molecule has 0 amide bonds. The first-order chi connectivity index (χ1) is 11.2. The highest BCUT2D eigenvalue weighted by atomic mass is 32.2. The molecule has 1 fully saturated rings. The third-order valence-electron chi connectivity index (χ3n) is 5.26. The lowest BCUT2D eigenvalue weighted by Crippen LogP contribution is -2.43. The highest BCUT2D eigenvalue weighted by Crippen LogP contribution is 2.51. The number of aliphatic hydroxyl groups is 1. The summed E-state index contributed by atoms with van der Waals surface area (Å²) in [5.41, 5.74) is 1.23. The number of nitrogens with zero attached hydrogens (tertiary/aromatic N) is 1. The van der Waals surface area contributed by atoms with Crippen LogP contribution in [0.15, 0.2) is 58.3 Å². The lowest BCUT2D eigenvalue weighted by atomic mass is 9.76. The predicted molar refractivity (Wildman–Crippen MR) is 94.8 cm³/mol. The molecule has 2 heterocycles. The van der Waals surface area contributed by atoms with Crippen molar-refractivity contribution in [2.45, 2.75) is 35.2 Å². The molecule has 2 aromatic rings. The minimum atomic E-state index is -0.902. The van der Waals surface area contributed by atoms with Gasteiger partial charge in [0.15, 0.2) is 0 Å². The van der Waals surface area contributed by atoms with Crippen LogP contribution in [-0.4, -0.2) is 29.6 Å². The van der Waals surface area contributed by atoms with E-state index in [1.165, 1.54) is 35.7 Å². The zero-order valence-corrected chi connectivity index (χ0v) is 14.4. The summed E-state index contributed by atoms with van der Waals surface area (Å²) in [4.78, 5) is 4.86. The lowest BCUT2D eigenvalue weighted by molar-refractivity contribution is 0.00490. The Labute approximate surface area is 142 Å². The Kier molecular flexibility index (Phi) is 3.96. The van der Waals surface area contributed by atoms with Gasteiger partial charge in [0.1, 0.15) is 5.60 Å². The molecular weight excluding hydrogens is 302 g/mol. The monoisotopic (exact) mass is 325 g/mol. The summed E-state index contributed by atoms with van der Waals surface area (Å²) < 4.78 is 0. The van der Waals surface area contributed by atoms with Crippen molar-refractivity contribution in [2.75, 3.05) is 19.6 Å². The van der Waals surface area contributed by atoms with E-state index in [0.29, 0.717) is 0 Å². The molecule has 120 valence electrons. The second-order valence-electron chi connectivity index (χ2n) is 6.77. The molecule has 0 spiro atoms. The highest BCUT2D eigenvalue weighted by Gasteiger charge is 2.44. The van der Waals surface area contributed by atoms with E-state index in [4.69, 9.17) is 0 Å². The summed E-state index contributed by atoms with van der Waals surface area (Å²) in [5, 5.41) is 11.9. The van der Waals surface area contributed by atoms with Gasteiger partial charge in [-0.15, -0.1) is 0 Å². The Balaban J connectivity index is 1.78. The molecule has 1 N–H and O–H groups in total. The molecule has 23 heavy (non-hydrogen) atoms. The summed E-state index contributed by atoms with van der Waals surface area (Å²) in [6.45, 7) is 5.47. The van der Waals surface area contributed by atoms with Crippen LogP contribution in [0.5, 0.6) is 0 Å². The Bertz CT molecular complexity index is 663. The molecule has 0 aliphatic carbocycles. The van der Waals surface area contributed by atoms with Gasteiger partial charge >= 0.3 is 0 Å². The van der Waals surface area contributed by atoms with Crippen LogP contribution in [0.2, 0.25) is 0 Å². The van der Waals surface area contributed by atoms with Gasteiger partial charge in [-0.1, -0.05) is 55.1 Å². The maximum Gasteiger partial charge on any atom is 0.121 e. The van der Waals surface area contributed by atoms with Gasteiger partial charge in [0.25, 0.3) is 0 Å². The van der Waals surface area contributed by atoms with E-state index in [0.717, 1.165) is 17.7 Å². The van der Waals surface area contributed by atoms with Gasteiger partial charge in [0.2, 0.25) is 0 Å². The van der Waals surface area contributed by atoms with E-state index in [1.54, 1.807) is 11.8 Å². The van der Waals surface area contributed by atoms with Gasteiger partial charge < -0.3 is 10.0 Å². The molecule has 3 heteroatoms. The average Bonchev–Trinajstić information content (AvgIpc) is 3.08. The molecule has 0 aromatic heterocycles. The number of hydrogen-bond acceptors (Lipinski definition) is 3. The quantitative estimate of drug-likeness (QED) is 0.918. The fourth-order valence-corrected chi connectivity index (χ4v) is 5.22. The maximum atomic E-state index is 11.9. The van der Waals surface area contributed by atoms with Crippen molar-refractivity contribution >= 4 is 11.8 Å². The second-order valence-corrected chi connectivity index (χ2v) is 7.85. The number of likely N-dealkylation sites (tertiary alicyclic amines) is 1. The standard InChI is InChI=1S/C20H23NOS/c1-15(14-21-12-6-7-13-21)20(22)16-8-2-4-10-18(16)23-19-11-5-3-9-17(19)20/h2-5,8-11,15,22H,6-7,12-14H2,1H3. The first-order valence-electron chi connectivity index (χ1n) is 8.51. The Morgan fingerprint density at radius 2 is 1.52 bits per heavy atom. The van der Waals surface area contributed by atoms with Crippen LogP contribution < -0.4 is 0 Å². The van der Waals surface area contributed by atoms with Crippen molar-refractivity contribution in [3.8, 4) is 0 Å². The van der Waals surface area contributed by atoms with E-state index in [2.05, 4.69) is 48.2 Å². The number of rotatable bonds is 3. The summed E-state index contributed by atoms with van der Waals surface area (Å²) in [5.74, 6) is 0.156. The minimum Gasteiger partial charge on any atom is -0.380 e. The van der Waals surface area contributed by atoms with Gasteiger partial charge in [0, 0.05) is 33.4 Å². The number of benzene rings is 2. The van der Waals surface area contributed by atoms with Gasteiger partial charge in [-0.2, -0.15) is 0 Å². The molecule has 1 unspecified atom stereocenters. The Morgan fingerprint density at radius 3 is 2.09 bits per heavy atom. The molecule has 0 radical (unpaired) electrons. The van der Waals surface area contributed by atoms with Crippen LogP contribution in [0.1, 0.15) is 30.9 Å². The molecule has 2 nitrogen and oxygen atoms in total. The Morgan fingerprint density at radius 1 is 1.00 bits per heavy atom. The highest BCUT2D eigenvalue weighted by molar-refractivity contribution is 7.99. The topological polar surface area (TPSA) is 23.5 Å². The fraction of sp³-hybridized carbons (Fsp3) is 0.400. The molecule has 2 aliphatic heterocycles. The average molecular weight is 325 g/mol. The zero-order valence-electron chi connectivity index (χ0n) is 13.5. The van der Waals surface area contributed by atoms with Gasteiger partial charge in [-0.25, -0.2) is 0 Å². The molecule has 4 rings (SSSR count). The lowest BCUT2D eigenvalue weighted by Gasteiger charge is -2.41. The van der Waals surface area contributed by atoms with Crippen LogP contribution in [0.3, 0.4) is 0 Å². The SMILES string of the molecule is CC(CN1CCCC1)C1(O)c2ccccc2Sc2ccccc21. The van der Waals surface area contributed by atoms with Crippen molar-refractivity contribution in [2.24, 2.45) is 5.92 Å². The number of fused-ring (bicyclic) bond motifs is 2. The van der Waals surface area contributed by atoms with E-state index in [9.17, 15) is 5.11 Å². The summed E-state index contributed by atoms with van der Waals surface area (Å²) >= 11 is 1.77. The van der Waals surface area contributed by atoms with Gasteiger partial charge in [-0.05, 0) is 38.1 Å². The van der Waals surface area contributed by atoms with E-state index >= 15 is 0 Å². The summed E-state index contributed by atoms with van der Waals surface area (Å²) in [6, 6.07) is 16.7. The first kappa shape index (κ1) is 15.3. The van der Waals surface area contributed by atoms with Crippen molar-refractivity contribution in [1.82, 2.24) is 4.90 Å². The van der Waals surface area contributed by atoms with Gasteiger partial charge in [0.05, 0.1) is 0 Å². The Hall–Kier alpha value is -1.29. The fourth-order valence-electron chi connectivity index (χ4n) is 4.02. The van der Waals surface area contributed by atoms with Crippen LogP contribution in [-0.2, 0) is 5.60 Å². The molecule has 0 saturated carbocycles. The summed E-state index contributed by atoms with van der Waals surface area (Å²) in [6.07, 6.45) is 2.57. The van der Waals surface area contributed by atoms with E-state index in [-0.39, 0.29) is 5.92 Å². The molecule has 1 atom stereocenters. The van der Waals surface area contributed by atoms with Crippen LogP contribution in [0.25, 0.3) is 0 Å². The van der Waals surface area contributed by atoms with Crippen molar-refractivity contribution in [3.63, 3.8) is 0 Å². The third-order valence-corrected chi connectivity index (χ3v) is 6.41.